The average Bonchev–Trinajstić information content (AvgIpc) is 2.48. The molecule has 0 fully saturated rings. The third-order valence-electron chi connectivity index (χ3n) is 3.34. The van der Waals surface area contributed by atoms with Crippen molar-refractivity contribution in [3.8, 4) is 0 Å². The van der Waals surface area contributed by atoms with Gasteiger partial charge in [0.15, 0.2) is 0 Å². The Morgan fingerprint density at radius 2 is 1.90 bits per heavy atom. The van der Waals surface area contributed by atoms with E-state index >= 15 is 0 Å². The predicted molar refractivity (Wildman–Crippen MR) is 90.8 cm³/mol. The van der Waals surface area contributed by atoms with Crippen LogP contribution in [0, 0.1) is 5.41 Å². The molecule has 3 nitrogen and oxygen atoms in total. The Morgan fingerprint density at radius 1 is 1.19 bits per heavy atom. The first-order valence-corrected chi connectivity index (χ1v) is 7.47. The largest absolute Gasteiger partial charge is 0.384 e. The lowest BCUT2D eigenvalue weighted by atomic mass is 10.1. The summed E-state index contributed by atoms with van der Waals surface area (Å²) in [5, 5.41) is 8.43. The van der Waals surface area contributed by atoms with Crippen LogP contribution in [0.25, 0.3) is 0 Å². The second-order valence-corrected chi connectivity index (χ2v) is 5.35. The summed E-state index contributed by atoms with van der Waals surface area (Å²) in [5.41, 5.74) is 8.39. The third kappa shape index (κ3) is 3.76. The number of anilines is 2. The molecule has 0 heterocycles. The van der Waals surface area contributed by atoms with Crippen molar-refractivity contribution in [1.29, 1.82) is 5.41 Å². The topological polar surface area (TPSA) is 53.1 Å². The normalized spacial score (nSPS) is 10.4. The van der Waals surface area contributed by atoms with Crippen molar-refractivity contribution < 1.29 is 0 Å². The van der Waals surface area contributed by atoms with Gasteiger partial charge < -0.3 is 10.6 Å². The van der Waals surface area contributed by atoms with Gasteiger partial charge in [0.1, 0.15) is 5.84 Å². The number of rotatable bonds is 6. The molecule has 2 aromatic rings. The molecule has 3 N–H and O–H groups in total. The van der Waals surface area contributed by atoms with Crippen molar-refractivity contribution in [2.24, 2.45) is 5.73 Å². The summed E-state index contributed by atoms with van der Waals surface area (Å²) in [7, 11) is 0. The maximum atomic E-state index is 7.79. The number of amidine groups is 1. The van der Waals surface area contributed by atoms with Gasteiger partial charge in [0.05, 0.1) is 5.69 Å². The minimum atomic E-state index is 0.0547. The number of nitrogens with zero attached hydrogens (tertiary/aromatic N) is 1. The molecule has 0 saturated heterocycles. The molecule has 0 aliphatic heterocycles. The van der Waals surface area contributed by atoms with E-state index in [2.05, 4.69) is 24.0 Å². The summed E-state index contributed by atoms with van der Waals surface area (Å²) in [6, 6.07) is 15.6. The molecule has 110 valence electrons. The van der Waals surface area contributed by atoms with Crippen LogP contribution < -0.4 is 10.6 Å². The highest BCUT2D eigenvalue weighted by Gasteiger charge is 2.15. The SMILES string of the molecule is CCCCN(c1ccccc1)c1cc(Cl)ccc1C(=N)N. The fourth-order valence-electron chi connectivity index (χ4n) is 2.27. The second kappa shape index (κ2) is 7.14. The number of hydrogen-bond donors (Lipinski definition) is 2. The first-order chi connectivity index (χ1) is 10.1. The van der Waals surface area contributed by atoms with Crippen LogP contribution >= 0.6 is 11.6 Å². The molecule has 2 rings (SSSR count). The van der Waals surface area contributed by atoms with E-state index in [9.17, 15) is 0 Å². The highest BCUT2D eigenvalue weighted by atomic mass is 35.5. The summed E-state index contributed by atoms with van der Waals surface area (Å²) < 4.78 is 0. The van der Waals surface area contributed by atoms with Gasteiger partial charge in [-0.25, -0.2) is 0 Å². The molecule has 0 saturated carbocycles. The summed E-state index contributed by atoms with van der Waals surface area (Å²) in [6.45, 7) is 3.02. The number of nitrogens with two attached hydrogens (primary N) is 1. The minimum Gasteiger partial charge on any atom is -0.384 e. The molecule has 0 bridgehead atoms. The Bertz CT molecular complexity index is 611. The first kappa shape index (κ1) is 15.4. The molecule has 0 atom stereocenters. The van der Waals surface area contributed by atoms with Gasteiger partial charge in [-0.3, -0.25) is 5.41 Å². The second-order valence-electron chi connectivity index (χ2n) is 4.92. The maximum Gasteiger partial charge on any atom is 0.124 e. The van der Waals surface area contributed by atoms with Gasteiger partial charge in [-0.15, -0.1) is 0 Å². The molecule has 0 amide bonds. The zero-order valence-electron chi connectivity index (χ0n) is 12.1. The van der Waals surface area contributed by atoms with E-state index in [0.717, 1.165) is 30.8 Å². The monoisotopic (exact) mass is 301 g/mol. The zero-order valence-corrected chi connectivity index (χ0v) is 12.9. The van der Waals surface area contributed by atoms with Crippen molar-refractivity contribution >= 4 is 28.8 Å². The van der Waals surface area contributed by atoms with Gasteiger partial charge in [0.2, 0.25) is 0 Å². The standard InChI is InChI=1S/C17H20ClN3/c1-2-3-11-21(14-7-5-4-6-8-14)16-12-13(18)9-10-15(16)17(19)20/h4-10,12H,2-3,11H2,1H3,(H3,19,20). The molecular weight excluding hydrogens is 282 g/mol. The molecule has 2 aromatic carbocycles. The van der Waals surface area contributed by atoms with Crippen LogP contribution in [0.2, 0.25) is 5.02 Å². The number of hydrogen-bond acceptors (Lipinski definition) is 2. The lowest BCUT2D eigenvalue weighted by Crippen LogP contribution is -2.23. The maximum absolute atomic E-state index is 7.79. The number of para-hydroxylation sites is 1. The average molecular weight is 302 g/mol. The summed E-state index contributed by atoms with van der Waals surface area (Å²) in [5.74, 6) is 0.0547. The molecule has 21 heavy (non-hydrogen) atoms. The smallest absolute Gasteiger partial charge is 0.124 e. The van der Waals surface area contributed by atoms with E-state index in [1.807, 2.05) is 30.3 Å². The van der Waals surface area contributed by atoms with Gasteiger partial charge in [0, 0.05) is 22.8 Å². The van der Waals surface area contributed by atoms with Crippen molar-refractivity contribution in [3.63, 3.8) is 0 Å². The quantitative estimate of drug-likeness (QED) is 0.607. The van der Waals surface area contributed by atoms with Crippen molar-refractivity contribution in [2.75, 3.05) is 11.4 Å². The van der Waals surface area contributed by atoms with E-state index in [1.165, 1.54) is 0 Å². The Balaban J connectivity index is 2.50. The Labute approximate surface area is 130 Å². The molecule has 0 aliphatic rings. The van der Waals surface area contributed by atoms with Crippen LogP contribution in [0.15, 0.2) is 48.5 Å². The number of unbranched alkanes of at least 4 members (excludes halogenated alkanes) is 1. The van der Waals surface area contributed by atoms with Crippen LogP contribution in [0.3, 0.4) is 0 Å². The van der Waals surface area contributed by atoms with E-state index in [4.69, 9.17) is 22.7 Å². The van der Waals surface area contributed by atoms with Crippen LogP contribution in [0.4, 0.5) is 11.4 Å². The third-order valence-corrected chi connectivity index (χ3v) is 3.58. The van der Waals surface area contributed by atoms with Gasteiger partial charge in [-0.1, -0.05) is 43.1 Å². The van der Waals surface area contributed by atoms with Crippen LogP contribution in [-0.2, 0) is 0 Å². The molecular formula is C17H20ClN3. The number of nitrogens with one attached hydrogen (secondary N) is 1. The Morgan fingerprint density at radius 3 is 2.52 bits per heavy atom. The Kier molecular flexibility index (Phi) is 5.23. The van der Waals surface area contributed by atoms with Gasteiger partial charge >= 0.3 is 0 Å². The molecule has 0 spiro atoms. The lowest BCUT2D eigenvalue weighted by Gasteiger charge is -2.27. The van der Waals surface area contributed by atoms with E-state index < -0.39 is 0 Å². The molecule has 0 aliphatic carbocycles. The van der Waals surface area contributed by atoms with Crippen molar-refractivity contribution in [2.45, 2.75) is 19.8 Å². The summed E-state index contributed by atoms with van der Waals surface area (Å²) in [4.78, 5) is 2.17. The molecule has 0 unspecified atom stereocenters. The van der Waals surface area contributed by atoms with Crippen LogP contribution in [-0.4, -0.2) is 12.4 Å². The summed E-state index contributed by atoms with van der Waals surface area (Å²) in [6.07, 6.45) is 2.15. The van der Waals surface area contributed by atoms with E-state index in [0.29, 0.717) is 10.6 Å². The first-order valence-electron chi connectivity index (χ1n) is 7.10. The predicted octanol–water partition coefficient (Wildman–Crippen LogP) is 4.56. The number of benzene rings is 2. The van der Waals surface area contributed by atoms with Crippen LogP contribution in [0.5, 0.6) is 0 Å². The van der Waals surface area contributed by atoms with Gasteiger partial charge in [0.25, 0.3) is 0 Å². The van der Waals surface area contributed by atoms with Gasteiger partial charge in [-0.05, 0) is 36.8 Å². The van der Waals surface area contributed by atoms with E-state index in [1.54, 1.807) is 6.07 Å². The number of nitrogen functional groups attached to an aromatic ring is 1. The molecule has 0 radical (unpaired) electrons. The van der Waals surface area contributed by atoms with E-state index in [-0.39, 0.29) is 5.84 Å². The molecule has 4 heteroatoms. The van der Waals surface area contributed by atoms with Gasteiger partial charge in [-0.2, -0.15) is 0 Å². The highest BCUT2D eigenvalue weighted by molar-refractivity contribution is 6.31. The highest BCUT2D eigenvalue weighted by Crippen LogP contribution is 2.31. The molecule has 0 aromatic heterocycles. The fraction of sp³-hybridized carbons (Fsp3) is 0.235. The van der Waals surface area contributed by atoms with Crippen LogP contribution in [0.1, 0.15) is 25.3 Å². The summed E-state index contributed by atoms with van der Waals surface area (Å²) >= 11 is 6.15. The fourth-order valence-corrected chi connectivity index (χ4v) is 2.44. The number of halogens is 1. The zero-order chi connectivity index (χ0) is 15.2. The lowest BCUT2D eigenvalue weighted by molar-refractivity contribution is 0.785. The van der Waals surface area contributed by atoms with Crippen molar-refractivity contribution in [3.05, 3.63) is 59.1 Å². The minimum absolute atomic E-state index is 0.0547. The van der Waals surface area contributed by atoms with Crippen molar-refractivity contribution in [1.82, 2.24) is 0 Å². The Hall–Kier alpha value is -2.00.